The molecule has 0 bridgehead atoms. The molecule has 2 rings (SSSR count). The third kappa shape index (κ3) is 3.46. The van der Waals surface area contributed by atoms with Crippen molar-refractivity contribution in [1.82, 2.24) is 5.32 Å². The number of hydrogen-bond acceptors (Lipinski definition) is 5. The summed E-state index contributed by atoms with van der Waals surface area (Å²) in [6.07, 6.45) is 0. The Bertz CT molecular complexity index is 550. The lowest BCUT2D eigenvalue weighted by molar-refractivity contribution is -0.144. The van der Waals surface area contributed by atoms with Crippen molar-refractivity contribution in [2.24, 2.45) is 5.73 Å². The topological polar surface area (TPSA) is 84.7 Å². The highest BCUT2D eigenvalue weighted by molar-refractivity contribution is 6.31. The number of amides is 1. The lowest BCUT2D eigenvalue weighted by atomic mass is 10.1. The molecule has 7 heteroatoms. The van der Waals surface area contributed by atoms with Gasteiger partial charge in [0, 0.05) is 24.7 Å². The average Bonchev–Trinajstić information content (AvgIpc) is 2.47. The van der Waals surface area contributed by atoms with E-state index < -0.39 is 11.9 Å². The first-order valence-electron chi connectivity index (χ1n) is 6.78. The smallest absolute Gasteiger partial charge is 0.330 e. The van der Waals surface area contributed by atoms with Crippen LogP contribution in [0.2, 0.25) is 5.02 Å². The van der Waals surface area contributed by atoms with E-state index in [-0.39, 0.29) is 5.97 Å². The number of nitrogens with zero attached hydrogens (tertiary/aromatic N) is 1. The molecule has 3 N–H and O–H groups in total. The minimum absolute atomic E-state index is 0.307. The Morgan fingerprint density at radius 3 is 2.95 bits per heavy atom. The number of nitrogens with two attached hydrogens (primary N) is 1. The molecule has 1 saturated heterocycles. The number of primary amides is 1. The number of nitrogens with one attached hydrogen (secondary N) is 1. The van der Waals surface area contributed by atoms with Crippen molar-refractivity contribution >= 4 is 29.2 Å². The highest BCUT2D eigenvalue weighted by Crippen LogP contribution is 2.27. The van der Waals surface area contributed by atoms with Crippen molar-refractivity contribution in [2.45, 2.75) is 13.0 Å². The quantitative estimate of drug-likeness (QED) is 0.803. The van der Waals surface area contributed by atoms with Gasteiger partial charge in [0.2, 0.25) is 0 Å². The van der Waals surface area contributed by atoms with Crippen LogP contribution < -0.4 is 16.0 Å². The summed E-state index contributed by atoms with van der Waals surface area (Å²) in [6.45, 7) is 3.77. The van der Waals surface area contributed by atoms with Crippen LogP contribution in [0.4, 0.5) is 5.69 Å². The predicted molar refractivity (Wildman–Crippen MR) is 80.6 cm³/mol. The van der Waals surface area contributed by atoms with E-state index >= 15 is 0 Å². The second-order valence-electron chi connectivity index (χ2n) is 4.69. The number of ether oxygens (including phenoxy) is 1. The van der Waals surface area contributed by atoms with E-state index in [0.29, 0.717) is 42.5 Å². The minimum atomic E-state index is -0.553. The Hall–Kier alpha value is -1.79. The zero-order chi connectivity index (χ0) is 15.4. The highest BCUT2D eigenvalue weighted by atomic mass is 35.5. The van der Waals surface area contributed by atoms with Crippen molar-refractivity contribution in [1.29, 1.82) is 0 Å². The Labute approximate surface area is 128 Å². The van der Waals surface area contributed by atoms with Gasteiger partial charge < -0.3 is 20.7 Å². The fourth-order valence-corrected chi connectivity index (χ4v) is 2.56. The largest absolute Gasteiger partial charge is 0.464 e. The second-order valence-corrected chi connectivity index (χ2v) is 5.13. The molecule has 1 heterocycles. The molecule has 1 aliphatic rings. The van der Waals surface area contributed by atoms with Gasteiger partial charge >= 0.3 is 5.97 Å². The third-order valence-corrected chi connectivity index (χ3v) is 3.57. The van der Waals surface area contributed by atoms with E-state index in [1.54, 1.807) is 25.1 Å². The van der Waals surface area contributed by atoms with E-state index in [2.05, 4.69) is 5.32 Å². The molecule has 0 saturated carbocycles. The van der Waals surface area contributed by atoms with E-state index in [4.69, 9.17) is 22.1 Å². The number of esters is 1. The molecule has 0 spiro atoms. The molecular weight excluding hydrogens is 294 g/mol. The third-order valence-electron chi connectivity index (χ3n) is 3.34. The first-order valence-corrected chi connectivity index (χ1v) is 7.15. The molecule has 0 aromatic heterocycles. The molecule has 1 aromatic carbocycles. The lowest BCUT2D eigenvalue weighted by Gasteiger charge is -2.37. The molecule has 0 radical (unpaired) electrons. The average molecular weight is 312 g/mol. The van der Waals surface area contributed by atoms with Gasteiger partial charge in [0.15, 0.2) is 0 Å². The fraction of sp³-hybridized carbons (Fsp3) is 0.429. The Kier molecular flexibility index (Phi) is 5.03. The van der Waals surface area contributed by atoms with Crippen LogP contribution in [0.1, 0.15) is 17.3 Å². The van der Waals surface area contributed by atoms with Gasteiger partial charge in [-0.1, -0.05) is 11.6 Å². The first kappa shape index (κ1) is 15.6. The molecule has 1 unspecified atom stereocenters. The van der Waals surface area contributed by atoms with Crippen LogP contribution in [0.25, 0.3) is 0 Å². The number of hydrogen-bond donors (Lipinski definition) is 2. The molecular formula is C14H18ClN3O3. The Morgan fingerprint density at radius 2 is 2.29 bits per heavy atom. The number of carbonyl (C=O) groups is 2. The van der Waals surface area contributed by atoms with Gasteiger partial charge in [-0.2, -0.15) is 0 Å². The van der Waals surface area contributed by atoms with Crippen molar-refractivity contribution in [3.8, 4) is 0 Å². The van der Waals surface area contributed by atoms with Gasteiger partial charge in [0.05, 0.1) is 17.9 Å². The molecule has 1 amide bonds. The van der Waals surface area contributed by atoms with E-state index in [1.807, 2.05) is 4.90 Å². The first-order chi connectivity index (χ1) is 10.0. The highest BCUT2D eigenvalue weighted by Gasteiger charge is 2.31. The van der Waals surface area contributed by atoms with Crippen molar-refractivity contribution < 1.29 is 14.3 Å². The summed E-state index contributed by atoms with van der Waals surface area (Å²) < 4.78 is 5.09. The summed E-state index contributed by atoms with van der Waals surface area (Å²) in [5.74, 6) is -0.886. The number of carbonyl (C=O) groups excluding carboxylic acids is 2. The van der Waals surface area contributed by atoms with Gasteiger partial charge in [-0.25, -0.2) is 4.79 Å². The van der Waals surface area contributed by atoms with Crippen LogP contribution in [0.3, 0.4) is 0 Å². The Balaban J connectivity index is 2.39. The molecule has 0 aliphatic carbocycles. The monoisotopic (exact) mass is 311 g/mol. The fourth-order valence-electron chi connectivity index (χ4n) is 2.39. The Morgan fingerprint density at radius 1 is 1.52 bits per heavy atom. The summed E-state index contributed by atoms with van der Waals surface area (Å²) in [5, 5.41) is 3.63. The van der Waals surface area contributed by atoms with Gasteiger partial charge in [0.25, 0.3) is 5.91 Å². The summed E-state index contributed by atoms with van der Waals surface area (Å²) in [7, 11) is 0. The predicted octanol–water partition coefficient (Wildman–Crippen LogP) is 0.780. The summed E-state index contributed by atoms with van der Waals surface area (Å²) in [5.41, 5.74) is 6.32. The lowest BCUT2D eigenvalue weighted by Crippen LogP contribution is -2.56. The number of rotatable bonds is 4. The van der Waals surface area contributed by atoms with Crippen LogP contribution in [0.5, 0.6) is 0 Å². The summed E-state index contributed by atoms with van der Waals surface area (Å²) in [4.78, 5) is 25.5. The molecule has 1 atom stereocenters. The maximum absolute atomic E-state index is 12.1. The number of anilines is 1. The van der Waals surface area contributed by atoms with Crippen LogP contribution in [-0.2, 0) is 9.53 Å². The van der Waals surface area contributed by atoms with E-state index in [1.165, 1.54) is 0 Å². The van der Waals surface area contributed by atoms with Crippen LogP contribution in [-0.4, -0.2) is 44.2 Å². The van der Waals surface area contributed by atoms with Crippen LogP contribution in [0.15, 0.2) is 18.2 Å². The molecule has 6 nitrogen and oxygen atoms in total. The second kappa shape index (κ2) is 6.78. The number of benzene rings is 1. The molecule has 1 fully saturated rings. The van der Waals surface area contributed by atoms with Crippen LogP contribution >= 0.6 is 11.6 Å². The standard InChI is InChI=1S/C14H18ClN3O3/c1-2-21-14(20)12-8-17-5-6-18(12)11-7-9(15)3-4-10(11)13(16)19/h3-4,7,12,17H,2,5-6,8H2,1H3,(H2,16,19). The van der Waals surface area contributed by atoms with E-state index in [0.717, 1.165) is 0 Å². The maximum atomic E-state index is 12.1. The maximum Gasteiger partial charge on any atom is 0.330 e. The molecule has 21 heavy (non-hydrogen) atoms. The van der Waals surface area contributed by atoms with Crippen molar-refractivity contribution in [3.63, 3.8) is 0 Å². The summed E-state index contributed by atoms with van der Waals surface area (Å²) in [6, 6.07) is 4.33. The van der Waals surface area contributed by atoms with Crippen molar-refractivity contribution in [2.75, 3.05) is 31.1 Å². The van der Waals surface area contributed by atoms with Gasteiger partial charge in [-0.15, -0.1) is 0 Å². The number of halogens is 1. The van der Waals surface area contributed by atoms with Crippen LogP contribution in [0, 0.1) is 0 Å². The SMILES string of the molecule is CCOC(=O)C1CNCCN1c1cc(Cl)ccc1C(N)=O. The minimum Gasteiger partial charge on any atom is -0.464 e. The number of piperazine rings is 1. The van der Waals surface area contributed by atoms with Crippen molar-refractivity contribution in [3.05, 3.63) is 28.8 Å². The zero-order valence-corrected chi connectivity index (χ0v) is 12.5. The molecule has 1 aromatic rings. The molecule has 114 valence electrons. The van der Waals surface area contributed by atoms with E-state index in [9.17, 15) is 9.59 Å². The normalized spacial score (nSPS) is 18.4. The van der Waals surface area contributed by atoms with Gasteiger partial charge in [-0.3, -0.25) is 4.79 Å². The van der Waals surface area contributed by atoms with Gasteiger partial charge in [-0.05, 0) is 25.1 Å². The molecule has 1 aliphatic heterocycles. The zero-order valence-electron chi connectivity index (χ0n) is 11.8. The summed E-state index contributed by atoms with van der Waals surface area (Å²) >= 11 is 6.02. The van der Waals surface area contributed by atoms with Gasteiger partial charge in [0.1, 0.15) is 6.04 Å².